The molecule has 0 aromatic heterocycles. The molecule has 1 atom stereocenters. The van der Waals surface area contributed by atoms with E-state index in [1.165, 1.54) is 70.8 Å². The Hall–Kier alpha value is -0.300. The molecule has 1 aliphatic carbocycles. The molecule has 1 rings (SSSR count). The van der Waals surface area contributed by atoms with Crippen LogP contribution in [-0.2, 0) is 0 Å². The van der Waals surface area contributed by atoms with Crippen LogP contribution in [0.25, 0.3) is 0 Å². The van der Waals surface area contributed by atoms with Crippen molar-refractivity contribution in [2.45, 2.75) is 84.1 Å². The van der Waals surface area contributed by atoms with Gasteiger partial charge in [0.05, 0.1) is 0 Å². The SMILES string of the molecule is CC(C)CCCCCCNC1/C=C/CCCCC1. The topological polar surface area (TPSA) is 12.0 Å². The molecular formula is C17H33N. The van der Waals surface area contributed by atoms with Gasteiger partial charge in [-0.15, -0.1) is 0 Å². The summed E-state index contributed by atoms with van der Waals surface area (Å²) in [5.74, 6) is 0.878. The van der Waals surface area contributed by atoms with Crippen LogP contribution in [-0.4, -0.2) is 12.6 Å². The lowest BCUT2D eigenvalue weighted by atomic mass is 10.0. The van der Waals surface area contributed by atoms with E-state index in [2.05, 4.69) is 31.3 Å². The van der Waals surface area contributed by atoms with Crippen molar-refractivity contribution in [1.82, 2.24) is 5.32 Å². The number of hydrogen-bond donors (Lipinski definition) is 1. The largest absolute Gasteiger partial charge is 0.311 e. The Kier molecular flexibility index (Phi) is 9.28. The van der Waals surface area contributed by atoms with Crippen molar-refractivity contribution >= 4 is 0 Å². The van der Waals surface area contributed by atoms with Gasteiger partial charge in [0.2, 0.25) is 0 Å². The molecular weight excluding hydrogens is 218 g/mol. The lowest BCUT2D eigenvalue weighted by Crippen LogP contribution is -2.28. The molecule has 0 fully saturated rings. The fraction of sp³-hybridized carbons (Fsp3) is 0.882. The molecule has 0 radical (unpaired) electrons. The van der Waals surface area contributed by atoms with Gasteiger partial charge in [0.1, 0.15) is 0 Å². The minimum Gasteiger partial charge on any atom is -0.311 e. The van der Waals surface area contributed by atoms with Crippen LogP contribution in [0.1, 0.15) is 78.1 Å². The van der Waals surface area contributed by atoms with Gasteiger partial charge in [-0.1, -0.05) is 64.5 Å². The zero-order valence-electron chi connectivity index (χ0n) is 12.6. The van der Waals surface area contributed by atoms with E-state index in [0.717, 1.165) is 5.92 Å². The van der Waals surface area contributed by atoms with E-state index < -0.39 is 0 Å². The zero-order valence-corrected chi connectivity index (χ0v) is 12.6. The zero-order chi connectivity index (χ0) is 13.1. The van der Waals surface area contributed by atoms with E-state index in [1.807, 2.05) is 0 Å². The van der Waals surface area contributed by atoms with E-state index in [-0.39, 0.29) is 0 Å². The molecule has 0 bridgehead atoms. The summed E-state index contributed by atoms with van der Waals surface area (Å²) in [5.41, 5.74) is 0. The average molecular weight is 251 g/mol. The first-order chi connectivity index (χ1) is 8.79. The molecule has 1 nitrogen and oxygen atoms in total. The Bertz CT molecular complexity index is 208. The summed E-state index contributed by atoms with van der Waals surface area (Å²) >= 11 is 0. The molecule has 0 aromatic rings. The predicted molar refractivity (Wildman–Crippen MR) is 81.9 cm³/mol. The Labute approximate surface area is 114 Å². The molecule has 0 saturated carbocycles. The first kappa shape index (κ1) is 15.8. The number of hydrogen-bond acceptors (Lipinski definition) is 1. The minimum atomic E-state index is 0.654. The molecule has 1 aliphatic rings. The summed E-state index contributed by atoms with van der Waals surface area (Å²) in [6.45, 7) is 5.85. The van der Waals surface area contributed by atoms with Crippen molar-refractivity contribution in [3.05, 3.63) is 12.2 Å². The molecule has 1 heteroatoms. The van der Waals surface area contributed by atoms with E-state index in [4.69, 9.17) is 0 Å². The summed E-state index contributed by atoms with van der Waals surface area (Å²) in [7, 11) is 0. The standard InChI is InChI=1S/C17H33N/c1-16(2)12-8-6-7-11-15-18-17-13-9-4-3-5-10-14-17/h9,13,16-18H,3-8,10-12,14-15H2,1-2H3/b13-9+. The maximum Gasteiger partial charge on any atom is 0.0249 e. The highest BCUT2D eigenvalue weighted by molar-refractivity contribution is 4.94. The van der Waals surface area contributed by atoms with Crippen molar-refractivity contribution in [2.75, 3.05) is 6.54 Å². The van der Waals surface area contributed by atoms with Gasteiger partial charge >= 0.3 is 0 Å². The lowest BCUT2D eigenvalue weighted by molar-refractivity contribution is 0.481. The van der Waals surface area contributed by atoms with E-state index >= 15 is 0 Å². The first-order valence-electron chi connectivity index (χ1n) is 8.19. The smallest absolute Gasteiger partial charge is 0.0249 e. The second kappa shape index (κ2) is 10.6. The van der Waals surface area contributed by atoms with Crippen molar-refractivity contribution in [3.63, 3.8) is 0 Å². The van der Waals surface area contributed by atoms with Crippen LogP contribution < -0.4 is 5.32 Å². The van der Waals surface area contributed by atoms with E-state index in [9.17, 15) is 0 Å². The predicted octanol–water partition coefficient (Wildman–Crippen LogP) is 5.07. The fourth-order valence-corrected chi connectivity index (χ4v) is 2.65. The van der Waals surface area contributed by atoms with Crippen LogP contribution in [0.5, 0.6) is 0 Å². The summed E-state index contributed by atoms with van der Waals surface area (Å²) in [5, 5.41) is 3.70. The highest BCUT2D eigenvalue weighted by atomic mass is 14.9. The third-order valence-corrected chi connectivity index (χ3v) is 3.87. The third-order valence-electron chi connectivity index (χ3n) is 3.87. The third kappa shape index (κ3) is 8.74. The highest BCUT2D eigenvalue weighted by Crippen LogP contribution is 2.12. The molecule has 0 aliphatic heterocycles. The van der Waals surface area contributed by atoms with Crippen LogP contribution in [0, 0.1) is 5.92 Å². The molecule has 0 saturated heterocycles. The molecule has 0 amide bonds. The second-order valence-corrected chi connectivity index (χ2v) is 6.22. The van der Waals surface area contributed by atoms with Crippen molar-refractivity contribution < 1.29 is 0 Å². The van der Waals surface area contributed by atoms with Gasteiger partial charge in [0, 0.05) is 6.04 Å². The van der Waals surface area contributed by atoms with Crippen molar-refractivity contribution in [2.24, 2.45) is 5.92 Å². The van der Waals surface area contributed by atoms with Gasteiger partial charge in [-0.25, -0.2) is 0 Å². The maximum atomic E-state index is 3.70. The van der Waals surface area contributed by atoms with Gasteiger partial charge in [0.15, 0.2) is 0 Å². The summed E-state index contributed by atoms with van der Waals surface area (Å²) in [6.07, 6.45) is 18.6. The summed E-state index contributed by atoms with van der Waals surface area (Å²) in [4.78, 5) is 0. The van der Waals surface area contributed by atoms with Gasteiger partial charge in [-0.2, -0.15) is 0 Å². The van der Waals surface area contributed by atoms with Crippen LogP contribution in [0.4, 0.5) is 0 Å². The van der Waals surface area contributed by atoms with Gasteiger partial charge in [-0.3, -0.25) is 0 Å². The molecule has 1 unspecified atom stereocenters. The fourth-order valence-electron chi connectivity index (χ4n) is 2.65. The van der Waals surface area contributed by atoms with E-state index in [0.29, 0.717) is 6.04 Å². The van der Waals surface area contributed by atoms with Crippen LogP contribution in [0.2, 0.25) is 0 Å². The quantitative estimate of drug-likeness (QED) is 0.469. The number of nitrogens with one attached hydrogen (secondary N) is 1. The van der Waals surface area contributed by atoms with Gasteiger partial charge in [0.25, 0.3) is 0 Å². The Morgan fingerprint density at radius 2 is 1.89 bits per heavy atom. The van der Waals surface area contributed by atoms with E-state index in [1.54, 1.807) is 0 Å². The summed E-state index contributed by atoms with van der Waals surface area (Å²) < 4.78 is 0. The normalized spacial score (nSPS) is 22.7. The molecule has 0 spiro atoms. The lowest BCUT2D eigenvalue weighted by Gasteiger charge is -2.16. The Morgan fingerprint density at radius 3 is 2.72 bits per heavy atom. The Morgan fingerprint density at radius 1 is 1.06 bits per heavy atom. The highest BCUT2D eigenvalue weighted by Gasteiger charge is 2.05. The van der Waals surface area contributed by atoms with Crippen molar-refractivity contribution in [1.29, 1.82) is 0 Å². The van der Waals surface area contributed by atoms with Crippen molar-refractivity contribution in [3.8, 4) is 0 Å². The van der Waals surface area contributed by atoms with Crippen LogP contribution in [0.3, 0.4) is 0 Å². The second-order valence-electron chi connectivity index (χ2n) is 6.22. The molecule has 0 heterocycles. The monoisotopic (exact) mass is 251 g/mol. The van der Waals surface area contributed by atoms with Gasteiger partial charge in [-0.05, 0) is 38.1 Å². The first-order valence-corrected chi connectivity index (χ1v) is 8.19. The maximum absolute atomic E-state index is 3.70. The van der Waals surface area contributed by atoms with Gasteiger partial charge < -0.3 is 5.32 Å². The molecule has 0 aromatic carbocycles. The number of allylic oxidation sites excluding steroid dienone is 1. The Balaban J connectivity index is 1.94. The average Bonchev–Trinajstić information content (AvgIpc) is 2.29. The van der Waals surface area contributed by atoms with Crippen LogP contribution in [0.15, 0.2) is 12.2 Å². The number of rotatable bonds is 8. The molecule has 106 valence electrons. The number of unbranched alkanes of at least 4 members (excludes halogenated alkanes) is 3. The molecule has 18 heavy (non-hydrogen) atoms. The summed E-state index contributed by atoms with van der Waals surface area (Å²) in [6, 6.07) is 0.654. The van der Waals surface area contributed by atoms with Crippen LogP contribution >= 0.6 is 0 Å². The minimum absolute atomic E-state index is 0.654. The molecule has 1 N–H and O–H groups in total.